The molecule has 2 bridgehead atoms. The van der Waals surface area contributed by atoms with Crippen LogP contribution in [0.4, 0.5) is 0 Å². The van der Waals surface area contributed by atoms with E-state index in [9.17, 15) is 0 Å². The zero-order chi connectivity index (χ0) is 40.6. The molecule has 1 saturated carbocycles. The number of hydrazone groups is 1. The van der Waals surface area contributed by atoms with E-state index >= 15 is 0 Å². The minimum absolute atomic E-state index is 0.824. The number of fused-ring (bicyclic) bond motifs is 2. The first kappa shape index (κ1) is 49.8. The van der Waals surface area contributed by atoms with Crippen LogP contribution < -0.4 is 32.6 Å². The van der Waals surface area contributed by atoms with Gasteiger partial charge in [-0.1, -0.05) is 24.3 Å². The number of nitrogens with zero attached hydrogens (tertiary/aromatic N) is 10. The fourth-order valence-corrected chi connectivity index (χ4v) is 6.19. The first-order valence-electron chi connectivity index (χ1n) is 20.9. The van der Waals surface area contributed by atoms with E-state index in [2.05, 4.69) is 113 Å². The number of likely N-dealkylation sites (N-methyl/N-ethyl adjacent to an activating group) is 3. The zero-order valence-electron chi connectivity index (χ0n) is 36.5. The van der Waals surface area contributed by atoms with Crippen LogP contribution in [-0.2, 0) is 11.8 Å². The van der Waals surface area contributed by atoms with Crippen molar-refractivity contribution in [1.29, 1.82) is 0 Å². The fourth-order valence-electron chi connectivity index (χ4n) is 6.19. The summed E-state index contributed by atoms with van der Waals surface area (Å²) in [5.41, 5.74) is 19.2. The Morgan fingerprint density at radius 2 is 1.25 bits per heavy atom. The van der Waals surface area contributed by atoms with Crippen LogP contribution in [0.3, 0.4) is 0 Å². The molecule has 8 aliphatic rings. The average molecular weight is 791 g/mol. The van der Waals surface area contributed by atoms with E-state index in [0.717, 1.165) is 90.6 Å². The molecule has 0 spiro atoms. The third-order valence-corrected chi connectivity index (χ3v) is 9.67. The van der Waals surface area contributed by atoms with Crippen LogP contribution in [0.15, 0.2) is 47.9 Å². The van der Waals surface area contributed by atoms with Crippen molar-refractivity contribution in [3.8, 4) is 0 Å². The number of aromatic nitrogens is 2. The topological polar surface area (TPSA) is 134 Å². The van der Waals surface area contributed by atoms with Crippen molar-refractivity contribution in [2.75, 3.05) is 135 Å². The normalized spacial score (nSPS) is 25.3. The quantitative estimate of drug-likeness (QED) is 0.209. The average Bonchev–Trinajstić information content (AvgIpc) is 4.03. The van der Waals surface area contributed by atoms with E-state index in [1.165, 1.54) is 58.0 Å². The molecule has 56 heavy (non-hydrogen) atoms. The Labute approximate surface area is 340 Å². The number of aryl methyl sites for hydroxylation is 1. The minimum atomic E-state index is 0.824. The van der Waals surface area contributed by atoms with Gasteiger partial charge in [-0.15, -0.1) is 0 Å². The Kier molecular flexibility index (Phi) is 29.0. The Balaban J connectivity index is 0.000000221. The summed E-state index contributed by atoms with van der Waals surface area (Å²) in [7, 11) is 16.3. The van der Waals surface area contributed by atoms with Crippen molar-refractivity contribution >= 4 is 6.21 Å². The van der Waals surface area contributed by atoms with Crippen LogP contribution >= 0.6 is 0 Å². The van der Waals surface area contributed by atoms with Crippen molar-refractivity contribution in [1.82, 2.24) is 77.4 Å². The summed E-state index contributed by atoms with van der Waals surface area (Å²) >= 11 is 0. The summed E-state index contributed by atoms with van der Waals surface area (Å²) in [6.07, 6.45) is 24.8. The molecule has 1 aromatic rings. The smallest absolute Gasteiger partial charge is 0.0608 e. The molecule has 1 aromatic heterocycles. The van der Waals surface area contributed by atoms with Gasteiger partial charge in [0.25, 0.3) is 0 Å². The van der Waals surface area contributed by atoms with E-state index in [-0.39, 0.29) is 0 Å². The second kappa shape index (κ2) is 32.6. The number of rotatable bonds is 0. The van der Waals surface area contributed by atoms with Crippen LogP contribution in [0.2, 0.25) is 0 Å². The van der Waals surface area contributed by atoms with Crippen molar-refractivity contribution in [3.05, 3.63) is 42.8 Å². The number of hydrogen-bond donors (Lipinski definition) is 6. The third kappa shape index (κ3) is 27.3. The molecule has 9 rings (SSSR count). The van der Waals surface area contributed by atoms with Gasteiger partial charge in [0.15, 0.2) is 0 Å². The Morgan fingerprint density at radius 1 is 0.607 bits per heavy atom. The molecule has 4 saturated heterocycles. The molecule has 7 aliphatic heterocycles. The van der Waals surface area contributed by atoms with Gasteiger partial charge < -0.3 is 9.75 Å². The predicted octanol–water partition coefficient (Wildman–Crippen LogP) is 0.957. The maximum absolute atomic E-state index is 5.16. The maximum atomic E-state index is 5.16. The van der Waals surface area contributed by atoms with E-state index < -0.39 is 0 Å². The number of hydrazine groups is 6. The molecule has 17 heteroatoms. The zero-order valence-corrected chi connectivity index (χ0v) is 36.5. The Bertz CT molecular complexity index is 1080. The fraction of sp³-hybridized carbons (Fsp3) is 0.795. The molecule has 8 heterocycles. The van der Waals surface area contributed by atoms with Gasteiger partial charge in [-0.25, -0.2) is 30.1 Å². The molecule has 2 unspecified atom stereocenters. The van der Waals surface area contributed by atoms with Gasteiger partial charge in [-0.3, -0.25) is 37.2 Å². The van der Waals surface area contributed by atoms with Gasteiger partial charge in [0.05, 0.1) is 13.2 Å². The predicted molar refractivity (Wildman–Crippen MR) is 232 cm³/mol. The second-order valence-electron chi connectivity index (χ2n) is 15.0. The third-order valence-electron chi connectivity index (χ3n) is 9.67. The van der Waals surface area contributed by atoms with E-state index in [4.69, 9.17) is 4.74 Å². The highest BCUT2D eigenvalue weighted by Gasteiger charge is 2.34. The van der Waals surface area contributed by atoms with Crippen LogP contribution in [0.1, 0.15) is 51.4 Å². The Morgan fingerprint density at radius 3 is 1.55 bits per heavy atom. The van der Waals surface area contributed by atoms with Crippen molar-refractivity contribution in [3.63, 3.8) is 0 Å². The first-order chi connectivity index (χ1) is 27.1. The lowest BCUT2D eigenvalue weighted by atomic mass is 10.3. The molecule has 1 aliphatic carbocycles. The van der Waals surface area contributed by atoms with Gasteiger partial charge in [0.1, 0.15) is 0 Å². The van der Waals surface area contributed by atoms with Crippen LogP contribution in [-0.4, -0.2) is 198 Å². The van der Waals surface area contributed by atoms with Crippen LogP contribution in [0.25, 0.3) is 0 Å². The molecule has 17 nitrogen and oxygen atoms in total. The standard InChI is InChI=1S/C6H12N2.C5H12N2O.C5H12N2.3C5H10N2.C4H10N2.C4H6N2/c1-8-6-3-2-5(4-6)7-8;1-7-3-5-8-4-2-6-7;4*1-7-5-3-2-4-6-7;2*1-6-4-2-3-5-6/h5-7H,2-4H2,1H3;6H,2-5H2,1H3;6H,2-5H2,1H3;4H,2-3,5H2,1H3;2*2-3,6H,4-5H2,1H3;5H,2-4H2,1H3;2-4H,1H3. The van der Waals surface area contributed by atoms with Crippen molar-refractivity contribution in [2.45, 2.75) is 63.5 Å². The van der Waals surface area contributed by atoms with Gasteiger partial charge in [-0.05, 0) is 57.4 Å². The Hall–Kier alpha value is -2.36. The number of ether oxygens (including phenoxy) is 1. The van der Waals surface area contributed by atoms with Crippen LogP contribution in [0, 0.1) is 0 Å². The van der Waals surface area contributed by atoms with Crippen molar-refractivity contribution < 1.29 is 4.74 Å². The molecule has 0 aromatic carbocycles. The molecule has 0 amide bonds. The summed E-state index contributed by atoms with van der Waals surface area (Å²) in [6, 6.07) is 3.57. The first-order valence-corrected chi connectivity index (χ1v) is 20.9. The highest BCUT2D eigenvalue weighted by molar-refractivity contribution is 5.57. The number of nitrogens with one attached hydrogen (secondary N) is 6. The van der Waals surface area contributed by atoms with E-state index in [0.29, 0.717) is 0 Å². The lowest BCUT2D eigenvalue weighted by Gasteiger charge is -2.22. The van der Waals surface area contributed by atoms with Gasteiger partial charge in [-0.2, -0.15) is 10.2 Å². The van der Waals surface area contributed by atoms with Gasteiger partial charge >= 0.3 is 0 Å². The SMILES string of the molecule is CN1CC=CCN1.CN1CC=CCN1.CN1CCCC=N1.CN1CCCCN1.CN1CCCN1.CN1CCOCCN1.CN1NC2CCC1C2.Cn1cccn1. The summed E-state index contributed by atoms with van der Waals surface area (Å²) in [6.45, 7) is 13.5. The van der Waals surface area contributed by atoms with Gasteiger partial charge in [0.2, 0.25) is 0 Å². The number of hydrogen-bond acceptors (Lipinski definition) is 16. The lowest BCUT2D eigenvalue weighted by Crippen LogP contribution is -2.39. The summed E-state index contributed by atoms with van der Waals surface area (Å²) in [5, 5.41) is 22.5. The van der Waals surface area contributed by atoms with Gasteiger partial charge in [0, 0.05) is 159 Å². The van der Waals surface area contributed by atoms with E-state index in [1.807, 2.05) is 63.7 Å². The maximum Gasteiger partial charge on any atom is 0.0608 e. The van der Waals surface area contributed by atoms with Crippen molar-refractivity contribution in [2.24, 2.45) is 12.1 Å². The molecular formula is C39H82N16O. The monoisotopic (exact) mass is 791 g/mol. The lowest BCUT2D eigenvalue weighted by molar-refractivity contribution is 0.148. The largest absolute Gasteiger partial charge is 0.379 e. The summed E-state index contributed by atoms with van der Waals surface area (Å²) < 4.78 is 6.91. The highest BCUT2D eigenvalue weighted by Crippen LogP contribution is 2.28. The molecule has 2 atom stereocenters. The highest BCUT2D eigenvalue weighted by atomic mass is 16.5. The molecule has 324 valence electrons. The summed E-state index contributed by atoms with van der Waals surface area (Å²) in [5.74, 6) is 0. The molecule has 5 fully saturated rings. The second-order valence-corrected chi connectivity index (χ2v) is 15.0. The molecule has 0 radical (unpaired) electrons. The molecule has 6 N–H and O–H groups in total. The summed E-state index contributed by atoms with van der Waals surface area (Å²) in [4.78, 5) is 0. The minimum Gasteiger partial charge on any atom is -0.379 e. The van der Waals surface area contributed by atoms with Crippen LogP contribution in [0.5, 0.6) is 0 Å². The molecular weight excluding hydrogens is 709 g/mol. The van der Waals surface area contributed by atoms with E-state index in [1.54, 1.807) is 10.9 Å².